The first kappa shape index (κ1) is 18.7. The van der Waals surface area contributed by atoms with Crippen molar-refractivity contribution in [2.75, 3.05) is 32.1 Å². The maximum absolute atomic E-state index is 12.4. The summed E-state index contributed by atoms with van der Waals surface area (Å²) in [4.78, 5) is 13.5. The predicted molar refractivity (Wildman–Crippen MR) is 105 cm³/mol. The third-order valence-corrected chi connectivity index (χ3v) is 5.15. The molecule has 0 bridgehead atoms. The van der Waals surface area contributed by atoms with Gasteiger partial charge in [-0.05, 0) is 37.1 Å². The number of amides is 1. The van der Waals surface area contributed by atoms with E-state index in [-0.39, 0.29) is 5.91 Å². The zero-order valence-corrected chi connectivity index (χ0v) is 16.9. The van der Waals surface area contributed by atoms with E-state index in [0.717, 1.165) is 43.2 Å². The van der Waals surface area contributed by atoms with E-state index < -0.39 is 0 Å². The van der Waals surface area contributed by atoms with Crippen molar-refractivity contribution in [1.29, 1.82) is 0 Å². The number of anilines is 1. The van der Waals surface area contributed by atoms with Crippen LogP contribution in [0.25, 0.3) is 0 Å². The van der Waals surface area contributed by atoms with Gasteiger partial charge in [0.05, 0.1) is 7.05 Å². The molecule has 2 aromatic rings. The lowest BCUT2D eigenvalue weighted by Crippen LogP contribution is -3.08. The van der Waals surface area contributed by atoms with Crippen molar-refractivity contribution in [3.05, 3.63) is 51.5 Å². The first-order valence-electron chi connectivity index (χ1n) is 8.69. The third-order valence-electron chi connectivity index (χ3n) is 4.41. The average Bonchev–Trinajstić information content (AvgIpc) is 2.59. The first-order valence-corrected chi connectivity index (χ1v) is 9.48. The number of halogens is 1. The van der Waals surface area contributed by atoms with Gasteiger partial charge in [0.2, 0.25) is 0 Å². The Morgan fingerprint density at radius 1 is 1.15 bits per heavy atom. The quantitative estimate of drug-likeness (QED) is 0.782. The summed E-state index contributed by atoms with van der Waals surface area (Å²) in [6.07, 6.45) is 0. The second-order valence-electron chi connectivity index (χ2n) is 6.71. The Labute approximate surface area is 162 Å². The molecule has 2 N–H and O–H groups in total. The first-order chi connectivity index (χ1) is 12.4. The number of carbonyl (C=O) groups is 1. The number of hydrogen-bond acceptors (Lipinski definition) is 3. The van der Waals surface area contributed by atoms with Gasteiger partial charge in [-0.25, -0.2) is 0 Å². The number of quaternary nitrogens is 1. The van der Waals surface area contributed by atoms with Gasteiger partial charge in [-0.1, -0.05) is 34.1 Å². The highest BCUT2D eigenvalue weighted by Gasteiger charge is 2.18. The number of aryl methyl sites for hydroxylation is 2. The van der Waals surface area contributed by atoms with Gasteiger partial charge in [-0.15, -0.1) is 0 Å². The van der Waals surface area contributed by atoms with Gasteiger partial charge in [0.15, 0.2) is 18.0 Å². The van der Waals surface area contributed by atoms with Crippen LogP contribution in [0.15, 0.2) is 34.8 Å². The van der Waals surface area contributed by atoms with Crippen LogP contribution in [0.3, 0.4) is 0 Å². The van der Waals surface area contributed by atoms with Crippen molar-refractivity contribution in [1.82, 2.24) is 0 Å². The molecule has 1 aliphatic rings. The molecule has 1 amide bonds. The standard InChI is InChI=1S/C20H23BrN2O3/c1-13-5-4-6-14(2)20(13)22-19(24)12-23(3)11-15-9-17-18(10-16(15)21)26-8-7-25-17/h4-6,9-10H,7-8,11-12H2,1-3H3,(H,22,24)/p+1. The van der Waals surface area contributed by atoms with E-state index in [1.807, 2.05) is 51.2 Å². The normalized spacial score (nSPS) is 14.0. The van der Waals surface area contributed by atoms with Crippen molar-refractivity contribution in [3.8, 4) is 11.5 Å². The van der Waals surface area contributed by atoms with E-state index in [9.17, 15) is 4.79 Å². The van der Waals surface area contributed by atoms with Gasteiger partial charge in [0.25, 0.3) is 5.91 Å². The largest absolute Gasteiger partial charge is 0.486 e. The maximum atomic E-state index is 12.4. The van der Waals surface area contributed by atoms with Crippen LogP contribution in [0.2, 0.25) is 0 Å². The fourth-order valence-electron chi connectivity index (χ4n) is 3.10. The van der Waals surface area contributed by atoms with Crippen LogP contribution in [-0.4, -0.2) is 32.7 Å². The number of nitrogens with one attached hydrogen (secondary N) is 2. The number of hydrogen-bond donors (Lipinski definition) is 2. The summed E-state index contributed by atoms with van der Waals surface area (Å²) >= 11 is 3.59. The number of para-hydroxylation sites is 1. The molecular weight excluding hydrogens is 396 g/mol. The van der Waals surface area contributed by atoms with Crippen LogP contribution in [0.5, 0.6) is 11.5 Å². The van der Waals surface area contributed by atoms with Gasteiger partial charge in [-0.2, -0.15) is 0 Å². The van der Waals surface area contributed by atoms with Crippen LogP contribution >= 0.6 is 15.9 Å². The molecule has 5 nitrogen and oxygen atoms in total. The van der Waals surface area contributed by atoms with Crippen LogP contribution in [-0.2, 0) is 11.3 Å². The number of fused-ring (bicyclic) bond motifs is 1. The van der Waals surface area contributed by atoms with Crippen molar-refractivity contribution < 1.29 is 19.2 Å². The topological polar surface area (TPSA) is 52.0 Å². The molecule has 0 aromatic heterocycles. The van der Waals surface area contributed by atoms with E-state index in [0.29, 0.717) is 26.3 Å². The van der Waals surface area contributed by atoms with E-state index in [1.165, 1.54) is 0 Å². The second-order valence-corrected chi connectivity index (χ2v) is 7.57. The molecule has 0 saturated carbocycles. The van der Waals surface area contributed by atoms with Gasteiger partial charge < -0.3 is 19.7 Å². The van der Waals surface area contributed by atoms with Gasteiger partial charge in [-0.3, -0.25) is 4.79 Å². The van der Waals surface area contributed by atoms with E-state index in [1.54, 1.807) is 0 Å². The van der Waals surface area contributed by atoms with Crippen LogP contribution < -0.4 is 19.7 Å². The fourth-order valence-corrected chi connectivity index (χ4v) is 3.56. The summed E-state index contributed by atoms with van der Waals surface area (Å²) in [6, 6.07) is 9.94. The minimum Gasteiger partial charge on any atom is -0.486 e. The molecule has 0 radical (unpaired) electrons. The lowest BCUT2D eigenvalue weighted by atomic mass is 10.1. The summed E-state index contributed by atoms with van der Waals surface area (Å²) in [5.74, 6) is 1.54. The third kappa shape index (κ3) is 4.37. The molecule has 26 heavy (non-hydrogen) atoms. The maximum Gasteiger partial charge on any atom is 0.279 e. The molecule has 1 atom stereocenters. The van der Waals surface area contributed by atoms with E-state index >= 15 is 0 Å². The Hall–Kier alpha value is -2.05. The molecule has 1 unspecified atom stereocenters. The smallest absolute Gasteiger partial charge is 0.279 e. The number of ether oxygens (including phenoxy) is 2. The highest BCUT2D eigenvalue weighted by atomic mass is 79.9. The van der Waals surface area contributed by atoms with E-state index in [2.05, 4.69) is 21.2 Å². The summed E-state index contributed by atoms with van der Waals surface area (Å²) < 4.78 is 12.2. The second kappa shape index (κ2) is 8.10. The Morgan fingerprint density at radius 3 is 2.42 bits per heavy atom. The zero-order valence-electron chi connectivity index (χ0n) is 15.3. The van der Waals surface area contributed by atoms with Gasteiger partial charge in [0, 0.05) is 15.7 Å². The molecule has 2 aromatic carbocycles. The summed E-state index contributed by atoms with van der Waals surface area (Å²) in [5.41, 5.74) is 4.15. The molecule has 138 valence electrons. The summed E-state index contributed by atoms with van der Waals surface area (Å²) in [6.45, 7) is 6.24. The molecule has 1 heterocycles. The van der Waals surface area contributed by atoms with Crippen molar-refractivity contribution in [3.63, 3.8) is 0 Å². The average molecular weight is 420 g/mol. The Morgan fingerprint density at radius 2 is 1.77 bits per heavy atom. The highest BCUT2D eigenvalue weighted by molar-refractivity contribution is 9.10. The number of likely N-dealkylation sites (N-methyl/N-ethyl adjacent to an activating group) is 1. The number of carbonyl (C=O) groups excluding carboxylic acids is 1. The van der Waals surface area contributed by atoms with Crippen LogP contribution in [0.4, 0.5) is 5.69 Å². The lowest BCUT2D eigenvalue weighted by molar-refractivity contribution is -0.885. The molecule has 0 aliphatic carbocycles. The van der Waals surface area contributed by atoms with Gasteiger partial charge >= 0.3 is 0 Å². The Bertz CT molecular complexity index is 803. The minimum atomic E-state index is 0.00793. The van der Waals surface area contributed by atoms with Crippen LogP contribution in [0.1, 0.15) is 16.7 Å². The lowest BCUT2D eigenvalue weighted by Gasteiger charge is -2.21. The molecular formula is C20H24BrN2O3+. The zero-order chi connectivity index (χ0) is 18.7. The summed E-state index contributed by atoms with van der Waals surface area (Å²) in [5, 5.41) is 3.04. The summed E-state index contributed by atoms with van der Waals surface area (Å²) in [7, 11) is 2.01. The fraction of sp³-hybridized carbons (Fsp3) is 0.350. The van der Waals surface area contributed by atoms with Crippen molar-refractivity contribution >= 4 is 27.5 Å². The molecule has 3 rings (SSSR count). The monoisotopic (exact) mass is 419 g/mol. The number of rotatable bonds is 5. The molecule has 1 aliphatic heterocycles. The van der Waals surface area contributed by atoms with Gasteiger partial charge in [0.1, 0.15) is 19.8 Å². The SMILES string of the molecule is Cc1cccc(C)c1NC(=O)C[NH+](C)Cc1cc2c(cc1Br)OCCO2. The Balaban J connectivity index is 1.63. The van der Waals surface area contributed by atoms with Crippen molar-refractivity contribution in [2.45, 2.75) is 20.4 Å². The molecule has 0 spiro atoms. The molecule has 0 fully saturated rings. The van der Waals surface area contributed by atoms with E-state index in [4.69, 9.17) is 9.47 Å². The number of benzene rings is 2. The van der Waals surface area contributed by atoms with Crippen molar-refractivity contribution in [2.24, 2.45) is 0 Å². The minimum absolute atomic E-state index is 0.00793. The predicted octanol–water partition coefficient (Wildman–Crippen LogP) is 2.49. The molecule has 6 heteroatoms. The van der Waals surface area contributed by atoms with Crippen LogP contribution in [0, 0.1) is 13.8 Å². The highest BCUT2D eigenvalue weighted by Crippen LogP contribution is 2.35. The Kier molecular flexibility index (Phi) is 5.84. The molecule has 0 saturated heterocycles.